The standard InChI is InChI=1S/C15H18F3N5O/c1-9(11-5-4-6-12(7-11)15(16,17)18)20-14(24)21-10(2)13-22-19-8-23(13)3/h4-10H,1-3H3,(H2,20,21,24)/t9-,10-/m0/s1. The van der Waals surface area contributed by atoms with Crippen LogP contribution in [0.2, 0.25) is 0 Å². The molecule has 2 amide bonds. The van der Waals surface area contributed by atoms with Crippen molar-refractivity contribution in [2.75, 3.05) is 0 Å². The fourth-order valence-corrected chi connectivity index (χ4v) is 2.25. The Balaban J connectivity index is 2.00. The highest BCUT2D eigenvalue weighted by molar-refractivity contribution is 5.74. The van der Waals surface area contributed by atoms with Crippen molar-refractivity contribution in [3.8, 4) is 0 Å². The first-order chi connectivity index (χ1) is 11.2. The Morgan fingerprint density at radius 1 is 1.21 bits per heavy atom. The first kappa shape index (κ1) is 17.8. The summed E-state index contributed by atoms with van der Waals surface area (Å²) in [6.45, 7) is 3.35. The average molecular weight is 341 g/mol. The number of aryl methyl sites for hydroxylation is 1. The van der Waals surface area contributed by atoms with Gasteiger partial charge in [0.15, 0.2) is 5.82 Å². The van der Waals surface area contributed by atoms with E-state index in [1.165, 1.54) is 18.5 Å². The molecule has 0 radical (unpaired) electrons. The zero-order chi connectivity index (χ0) is 17.9. The van der Waals surface area contributed by atoms with Gasteiger partial charge in [0, 0.05) is 7.05 Å². The second-order valence-electron chi connectivity index (χ2n) is 5.48. The molecule has 130 valence electrons. The summed E-state index contributed by atoms with van der Waals surface area (Å²) in [4.78, 5) is 12.0. The highest BCUT2D eigenvalue weighted by Gasteiger charge is 2.30. The third-order valence-corrected chi connectivity index (χ3v) is 3.54. The number of urea groups is 1. The Kier molecular flexibility index (Phi) is 5.10. The predicted molar refractivity (Wildman–Crippen MR) is 80.9 cm³/mol. The minimum Gasteiger partial charge on any atom is -0.332 e. The van der Waals surface area contributed by atoms with Crippen molar-refractivity contribution in [2.24, 2.45) is 7.05 Å². The molecule has 0 fully saturated rings. The topological polar surface area (TPSA) is 71.8 Å². The van der Waals surface area contributed by atoms with Crippen LogP contribution in [0.5, 0.6) is 0 Å². The number of carbonyl (C=O) groups is 1. The molecule has 0 spiro atoms. The molecule has 6 nitrogen and oxygen atoms in total. The Hall–Kier alpha value is -2.58. The lowest BCUT2D eigenvalue weighted by molar-refractivity contribution is -0.137. The molecule has 2 rings (SSSR count). The minimum atomic E-state index is -4.42. The molecule has 2 aromatic rings. The first-order valence-electron chi connectivity index (χ1n) is 7.26. The van der Waals surface area contributed by atoms with Crippen molar-refractivity contribution in [2.45, 2.75) is 32.1 Å². The lowest BCUT2D eigenvalue weighted by Gasteiger charge is -2.19. The summed E-state index contributed by atoms with van der Waals surface area (Å²) < 4.78 is 39.9. The number of rotatable bonds is 4. The van der Waals surface area contributed by atoms with E-state index < -0.39 is 29.9 Å². The maximum Gasteiger partial charge on any atom is 0.416 e. The Morgan fingerprint density at radius 3 is 2.46 bits per heavy atom. The molecule has 1 heterocycles. The highest BCUT2D eigenvalue weighted by atomic mass is 19.4. The van der Waals surface area contributed by atoms with Crippen LogP contribution in [0.1, 0.15) is 42.9 Å². The third kappa shape index (κ3) is 4.24. The molecule has 2 atom stereocenters. The monoisotopic (exact) mass is 341 g/mol. The quantitative estimate of drug-likeness (QED) is 0.898. The van der Waals surface area contributed by atoms with Gasteiger partial charge < -0.3 is 15.2 Å². The minimum absolute atomic E-state index is 0.367. The lowest BCUT2D eigenvalue weighted by Crippen LogP contribution is -2.39. The van der Waals surface area contributed by atoms with Crippen molar-refractivity contribution in [3.05, 3.63) is 47.5 Å². The van der Waals surface area contributed by atoms with Crippen molar-refractivity contribution in [1.82, 2.24) is 25.4 Å². The zero-order valence-corrected chi connectivity index (χ0v) is 13.4. The molecule has 0 aliphatic heterocycles. The number of amides is 2. The summed E-state index contributed by atoms with van der Waals surface area (Å²) in [5.41, 5.74) is -0.382. The second-order valence-corrected chi connectivity index (χ2v) is 5.48. The van der Waals surface area contributed by atoms with Crippen LogP contribution in [0.4, 0.5) is 18.0 Å². The smallest absolute Gasteiger partial charge is 0.332 e. The average Bonchev–Trinajstić information content (AvgIpc) is 2.92. The molecule has 1 aromatic carbocycles. The number of hydrogen-bond acceptors (Lipinski definition) is 3. The Bertz CT molecular complexity index is 713. The van der Waals surface area contributed by atoms with Crippen LogP contribution in [-0.4, -0.2) is 20.8 Å². The van der Waals surface area contributed by atoms with Crippen molar-refractivity contribution < 1.29 is 18.0 Å². The molecule has 2 N–H and O–H groups in total. The van der Waals surface area contributed by atoms with E-state index in [1.807, 2.05) is 0 Å². The SMILES string of the molecule is C[C@H](NC(=O)N[C@@H](C)c1nncn1C)c1cccc(C(F)(F)F)c1. The van der Waals surface area contributed by atoms with Gasteiger partial charge in [-0.25, -0.2) is 4.79 Å². The van der Waals surface area contributed by atoms with Crippen LogP contribution in [0, 0.1) is 0 Å². The molecule has 0 aliphatic rings. The van der Waals surface area contributed by atoms with Crippen molar-refractivity contribution in [1.29, 1.82) is 0 Å². The van der Waals surface area contributed by atoms with Gasteiger partial charge in [-0.15, -0.1) is 10.2 Å². The third-order valence-electron chi connectivity index (χ3n) is 3.54. The molecule has 0 unspecified atom stereocenters. The van der Waals surface area contributed by atoms with Crippen LogP contribution >= 0.6 is 0 Å². The van der Waals surface area contributed by atoms with Crippen LogP contribution in [-0.2, 0) is 13.2 Å². The second kappa shape index (κ2) is 6.90. The van der Waals surface area contributed by atoms with Gasteiger partial charge in [-0.3, -0.25) is 0 Å². The number of alkyl halides is 3. The van der Waals surface area contributed by atoms with Crippen LogP contribution in [0.15, 0.2) is 30.6 Å². The van der Waals surface area contributed by atoms with E-state index in [4.69, 9.17) is 0 Å². The maximum absolute atomic E-state index is 12.7. The van der Waals surface area contributed by atoms with E-state index in [0.717, 1.165) is 12.1 Å². The van der Waals surface area contributed by atoms with E-state index >= 15 is 0 Å². The number of nitrogens with one attached hydrogen (secondary N) is 2. The van der Waals surface area contributed by atoms with Crippen molar-refractivity contribution in [3.63, 3.8) is 0 Å². The van der Waals surface area contributed by atoms with Gasteiger partial charge in [0.2, 0.25) is 0 Å². The van der Waals surface area contributed by atoms with Gasteiger partial charge >= 0.3 is 12.2 Å². The maximum atomic E-state index is 12.7. The molecule has 24 heavy (non-hydrogen) atoms. The number of aromatic nitrogens is 3. The van der Waals surface area contributed by atoms with Gasteiger partial charge in [-0.2, -0.15) is 13.2 Å². The summed E-state index contributed by atoms with van der Waals surface area (Å²) in [6.07, 6.45) is -2.91. The molecule has 0 bridgehead atoms. The van der Waals surface area contributed by atoms with Gasteiger partial charge in [0.05, 0.1) is 17.6 Å². The lowest BCUT2D eigenvalue weighted by atomic mass is 10.1. The van der Waals surface area contributed by atoms with E-state index in [9.17, 15) is 18.0 Å². The van der Waals surface area contributed by atoms with E-state index in [-0.39, 0.29) is 0 Å². The molecule has 0 saturated carbocycles. The molecule has 1 aromatic heterocycles. The molecular weight excluding hydrogens is 323 g/mol. The van der Waals surface area contributed by atoms with Gasteiger partial charge in [-0.1, -0.05) is 12.1 Å². The summed E-state index contributed by atoms with van der Waals surface area (Å²) in [5, 5.41) is 12.9. The number of halogens is 3. The molecule has 0 aliphatic carbocycles. The fraction of sp³-hybridized carbons (Fsp3) is 0.400. The predicted octanol–water partition coefficient (Wildman–Crippen LogP) is 2.96. The normalized spacial score (nSPS) is 14.1. The fourth-order valence-electron chi connectivity index (χ4n) is 2.25. The van der Waals surface area contributed by atoms with E-state index in [2.05, 4.69) is 20.8 Å². The summed E-state index contributed by atoms with van der Waals surface area (Å²) in [6, 6.07) is 3.38. The van der Waals surface area contributed by atoms with Gasteiger partial charge in [-0.05, 0) is 31.5 Å². The zero-order valence-electron chi connectivity index (χ0n) is 13.4. The van der Waals surface area contributed by atoms with Crippen molar-refractivity contribution >= 4 is 6.03 Å². The van der Waals surface area contributed by atoms with Crippen LogP contribution in [0.25, 0.3) is 0 Å². The largest absolute Gasteiger partial charge is 0.416 e. The Morgan fingerprint density at radius 2 is 1.88 bits per heavy atom. The summed E-state index contributed by atoms with van der Waals surface area (Å²) >= 11 is 0. The Labute approximate surface area is 137 Å². The van der Waals surface area contributed by atoms with Crippen LogP contribution in [0.3, 0.4) is 0 Å². The van der Waals surface area contributed by atoms with Gasteiger partial charge in [0.25, 0.3) is 0 Å². The number of nitrogens with zero attached hydrogens (tertiary/aromatic N) is 3. The molecule has 9 heteroatoms. The number of benzene rings is 1. The summed E-state index contributed by atoms with van der Waals surface area (Å²) in [7, 11) is 1.75. The van der Waals surface area contributed by atoms with E-state index in [1.54, 1.807) is 25.5 Å². The highest BCUT2D eigenvalue weighted by Crippen LogP contribution is 2.30. The first-order valence-corrected chi connectivity index (χ1v) is 7.26. The molecule has 0 saturated heterocycles. The van der Waals surface area contributed by atoms with Gasteiger partial charge in [0.1, 0.15) is 6.33 Å². The number of hydrogen-bond donors (Lipinski definition) is 2. The summed E-state index contributed by atoms with van der Waals surface area (Å²) in [5.74, 6) is 0.567. The molecular formula is C15H18F3N5O. The number of carbonyl (C=O) groups excluding carboxylic acids is 1. The van der Waals surface area contributed by atoms with Crippen LogP contribution < -0.4 is 10.6 Å². The van der Waals surface area contributed by atoms with E-state index in [0.29, 0.717) is 11.4 Å².